The number of carbonyl (C=O) groups is 1. The van der Waals surface area contributed by atoms with E-state index in [0.717, 1.165) is 12.8 Å². The minimum Gasteiger partial charge on any atom is -0.335 e. The molecule has 0 bridgehead atoms. The monoisotopic (exact) mass is 243 g/mol. The highest BCUT2D eigenvalue weighted by Gasteiger charge is 2.46. The Balaban J connectivity index is 2.11. The molecule has 98 valence electrons. The first-order chi connectivity index (χ1) is 8.08. The molecule has 0 aromatic carbocycles. The number of nitrogens with two attached hydrogens (primary N) is 1. The molecule has 2 heterocycles. The summed E-state index contributed by atoms with van der Waals surface area (Å²) in [5.74, 6) is 0.0140. The van der Waals surface area contributed by atoms with Gasteiger partial charge in [0.15, 0.2) is 0 Å². The number of halogens is 1. The second-order valence-electron chi connectivity index (χ2n) is 5.31. The van der Waals surface area contributed by atoms with Gasteiger partial charge in [0, 0.05) is 32.1 Å². The third-order valence-electron chi connectivity index (χ3n) is 4.10. The summed E-state index contributed by atoms with van der Waals surface area (Å²) in [6, 6.07) is 0.00414. The molecule has 2 aliphatic heterocycles. The van der Waals surface area contributed by atoms with Crippen LogP contribution >= 0.6 is 0 Å². The van der Waals surface area contributed by atoms with Crippen LogP contribution in [0.5, 0.6) is 0 Å². The maximum atomic E-state index is 14.4. The van der Waals surface area contributed by atoms with E-state index in [2.05, 4.69) is 12.2 Å². The van der Waals surface area contributed by atoms with E-state index in [9.17, 15) is 9.18 Å². The highest BCUT2D eigenvalue weighted by molar-refractivity contribution is 5.86. The number of alkyl halides is 1. The van der Waals surface area contributed by atoms with Crippen molar-refractivity contribution in [2.45, 2.75) is 37.9 Å². The number of hydrogen-bond donors (Lipinski definition) is 2. The number of rotatable bonds is 2. The topological polar surface area (TPSA) is 58.4 Å². The molecule has 0 aromatic rings. The van der Waals surface area contributed by atoms with Gasteiger partial charge in [-0.3, -0.25) is 4.79 Å². The number of amides is 1. The Morgan fingerprint density at radius 2 is 2.41 bits per heavy atom. The van der Waals surface area contributed by atoms with Crippen LogP contribution in [0.3, 0.4) is 0 Å². The molecule has 2 aliphatic rings. The van der Waals surface area contributed by atoms with Crippen LogP contribution in [0, 0.1) is 5.92 Å². The number of nitrogens with zero attached hydrogens (tertiary/aromatic N) is 1. The molecule has 0 saturated carbocycles. The molecule has 1 amide bonds. The van der Waals surface area contributed by atoms with Crippen LogP contribution in [-0.4, -0.2) is 48.7 Å². The van der Waals surface area contributed by atoms with Gasteiger partial charge in [-0.15, -0.1) is 0 Å². The van der Waals surface area contributed by atoms with E-state index < -0.39 is 5.67 Å². The number of likely N-dealkylation sites (tertiary alicyclic amines) is 1. The first-order valence-electron chi connectivity index (χ1n) is 6.49. The van der Waals surface area contributed by atoms with E-state index in [4.69, 9.17) is 5.73 Å². The van der Waals surface area contributed by atoms with Gasteiger partial charge in [0.05, 0.1) is 0 Å². The predicted molar refractivity (Wildman–Crippen MR) is 64.3 cm³/mol. The Bertz CT molecular complexity index is 291. The lowest BCUT2D eigenvalue weighted by Gasteiger charge is -2.41. The number of hydrogen-bond acceptors (Lipinski definition) is 3. The largest absolute Gasteiger partial charge is 0.335 e. The SMILES string of the molecule is C[C@@H]1CCCN(C(=O)[C@@]2(F)CCNC2)[C@H]1CN. The molecule has 0 aromatic heterocycles. The molecule has 3 atom stereocenters. The van der Waals surface area contributed by atoms with Gasteiger partial charge in [-0.25, -0.2) is 4.39 Å². The second kappa shape index (κ2) is 4.90. The summed E-state index contributed by atoms with van der Waals surface area (Å²) >= 11 is 0. The van der Waals surface area contributed by atoms with Crippen molar-refractivity contribution >= 4 is 5.91 Å². The van der Waals surface area contributed by atoms with Gasteiger partial charge in [-0.1, -0.05) is 6.92 Å². The van der Waals surface area contributed by atoms with Gasteiger partial charge >= 0.3 is 0 Å². The lowest BCUT2D eigenvalue weighted by molar-refractivity contribution is -0.147. The van der Waals surface area contributed by atoms with Crippen molar-refractivity contribution < 1.29 is 9.18 Å². The molecule has 4 nitrogen and oxygen atoms in total. The third-order valence-corrected chi connectivity index (χ3v) is 4.10. The second-order valence-corrected chi connectivity index (χ2v) is 5.31. The van der Waals surface area contributed by atoms with Gasteiger partial charge in [-0.05, 0) is 25.3 Å². The fourth-order valence-corrected chi connectivity index (χ4v) is 2.96. The normalized spacial score (nSPS) is 38.4. The number of piperidine rings is 1. The van der Waals surface area contributed by atoms with Crippen molar-refractivity contribution in [1.82, 2.24) is 10.2 Å². The van der Waals surface area contributed by atoms with Crippen molar-refractivity contribution in [3.05, 3.63) is 0 Å². The Hall–Kier alpha value is -0.680. The summed E-state index contributed by atoms with van der Waals surface area (Å²) in [4.78, 5) is 14.0. The predicted octanol–water partition coefficient (Wildman–Crippen LogP) is 0.274. The molecule has 2 rings (SSSR count). The van der Waals surface area contributed by atoms with Crippen LogP contribution < -0.4 is 11.1 Å². The van der Waals surface area contributed by atoms with Crippen LogP contribution in [0.15, 0.2) is 0 Å². The molecule has 5 heteroatoms. The van der Waals surface area contributed by atoms with Gasteiger partial charge in [0.2, 0.25) is 5.67 Å². The van der Waals surface area contributed by atoms with Crippen molar-refractivity contribution in [2.24, 2.45) is 11.7 Å². The third kappa shape index (κ3) is 2.31. The lowest BCUT2D eigenvalue weighted by Crippen LogP contribution is -2.57. The van der Waals surface area contributed by atoms with Crippen LogP contribution in [0.1, 0.15) is 26.2 Å². The Morgan fingerprint density at radius 3 is 3.00 bits per heavy atom. The summed E-state index contributed by atoms with van der Waals surface area (Å²) in [7, 11) is 0. The van der Waals surface area contributed by atoms with E-state index in [1.54, 1.807) is 4.90 Å². The molecule has 2 fully saturated rings. The highest BCUT2D eigenvalue weighted by Crippen LogP contribution is 2.29. The summed E-state index contributed by atoms with van der Waals surface area (Å²) in [5.41, 5.74) is 4.03. The molecule has 0 unspecified atom stereocenters. The fraction of sp³-hybridized carbons (Fsp3) is 0.917. The maximum absolute atomic E-state index is 14.4. The molecule has 0 aliphatic carbocycles. The number of nitrogens with one attached hydrogen (secondary N) is 1. The Kier molecular flexibility index (Phi) is 3.68. The maximum Gasteiger partial charge on any atom is 0.261 e. The molecular formula is C12H22FN3O. The first kappa shape index (κ1) is 12.8. The zero-order valence-electron chi connectivity index (χ0n) is 10.4. The average molecular weight is 243 g/mol. The fourth-order valence-electron chi connectivity index (χ4n) is 2.96. The van der Waals surface area contributed by atoms with Crippen LogP contribution in [0.25, 0.3) is 0 Å². The quantitative estimate of drug-likeness (QED) is 0.732. The first-order valence-corrected chi connectivity index (χ1v) is 6.49. The molecule has 17 heavy (non-hydrogen) atoms. The summed E-state index contributed by atoms with van der Waals surface area (Å²) in [6.07, 6.45) is 2.31. The van der Waals surface area contributed by atoms with Crippen molar-refractivity contribution in [2.75, 3.05) is 26.2 Å². The average Bonchev–Trinajstić information content (AvgIpc) is 2.76. The molecule has 3 N–H and O–H groups in total. The molecular weight excluding hydrogens is 221 g/mol. The lowest BCUT2D eigenvalue weighted by atomic mass is 9.89. The van der Waals surface area contributed by atoms with Crippen molar-refractivity contribution in [3.8, 4) is 0 Å². The Morgan fingerprint density at radius 1 is 1.65 bits per heavy atom. The highest BCUT2D eigenvalue weighted by atomic mass is 19.1. The smallest absolute Gasteiger partial charge is 0.261 e. The van der Waals surface area contributed by atoms with Crippen LogP contribution in [-0.2, 0) is 4.79 Å². The standard InChI is InChI=1S/C12H22FN3O/c1-9-3-2-6-16(10(9)7-14)11(17)12(13)4-5-15-8-12/h9-10,15H,2-8,14H2,1H3/t9-,10+,12-/m1/s1. The van der Waals surface area contributed by atoms with Crippen molar-refractivity contribution in [3.63, 3.8) is 0 Å². The van der Waals surface area contributed by atoms with E-state index in [-0.39, 0.29) is 24.9 Å². The molecule has 2 saturated heterocycles. The molecule has 0 spiro atoms. The van der Waals surface area contributed by atoms with Crippen LogP contribution in [0.2, 0.25) is 0 Å². The minimum absolute atomic E-state index is 0.00414. The summed E-state index contributed by atoms with van der Waals surface area (Å²) < 4.78 is 14.4. The van der Waals surface area contributed by atoms with E-state index in [1.165, 1.54) is 0 Å². The van der Waals surface area contributed by atoms with Gasteiger partial charge in [0.1, 0.15) is 0 Å². The summed E-state index contributed by atoms with van der Waals surface area (Å²) in [6.45, 7) is 3.90. The van der Waals surface area contributed by atoms with Crippen LogP contribution in [0.4, 0.5) is 4.39 Å². The van der Waals surface area contributed by atoms with E-state index in [0.29, 0.717) is 25.6 Å². The van der Waals surface area contributed by atoms with Gasteiger partial charge < -0.3 is 16.0 Å². The Labute approximate surface area is 102 Å². The van der Waals surface area contributed by atoms with E-state index in [1.807, 2.05) is 0 Å². The zero-order chi connectivity index (χ0) is 12.5. The van der Waals surface area contributed by atoms with Crippen molar-refractivity contribution in [1.29, 1.82) is 0 Å². The van der Waals surface area contributed by atoms with E-state index >= 15 is 0 Å². The minimum atomic E-state index is -1.70. The zero-order valence-corrected chi connectivity index (χ0v) is 10.4. The summed E-state index contributed by atoms with van der Waals surface area (Å²) in [5, 5.41) is 2.92. The van der Waals surface area contributed by atoms with Gasteiger partial charge in [-0.2, -0.15) is 0 Å². The van der Waals surface area contributed by atoms with Gasteiger partial charge in [0.25, 0.3) is 5.91 Å². The molecule has 0 radical (unpaired) electrons. The number of carbonyl (C=O) groups excluding carboxylic acids is 1.